The van der Waals surface area contributed by atoms with Crippen molar-refractivity contribution in [1.82, 2.24) is 9.62 Å². The summed E-state index contributed by atoms with van der Waals surface area (Å²) in [5, 5.41) is 3.21. The third kappa shape index (κ3) is 4.45. The van der Waals surface area contributed by atoms with Crippen LogP contribution in [0.3, 0.4) is 0 Å². The molecule has 3 atom stereocenters. The van der Waals surface area contributed by atoms with E-state index in [1.165, 1.54) is 19.3 Å². The molecule has 6 nitrogen and oxygen atoms in total. The maximum atomic E-state index is 13.0. The summed E-state index contributed by atoms with van der Waals surface area (Å²) in [6.45, 7) is 1.16. The number of piperidine rings is 1. The second kappa shape index (κ2) is 8.64. The molecule has 4 rings (SSSR count). The van der Waals surface area contributed by atoms with E-state index < -0.39 is 10.0 Å². The van der Waals surface area contributed by atoms with Gasteiger partial charge in [0, 0.05) is 25.6 Å². The molecule has 1 aromatic carbocycles. The van der Waals surface area contributed by atoms with Gasteiger partial charge in [-0.2, -0.15) is 4.31 Å². The molecule has 29 heavy (non-hydrogen) atoms. The Kier molecular flexibility index (Phi) is 6.16. The molecule has 2 saturated carbocycles. The van der Waals surface area contributed by atoms with Gasteiger partial charge in [-0.3, -0.25) is 4.79 Å². The number of methoxy groups -OCH3 is 1. The van der Waals surface area contributed by atoms with Crippen molar-refractivity contribution in [3.05, 3.63) is 23.8 Å². The number of amides is 1. The maximum absolute atomic E-state index is 13.0. The Balaban J connectivity index is 1.42. The van der Waals surface area contributed by atoms with Gasteiger partial charge in [-0.25, -0.2) is 8.42 Å². The maximum Gasteiger partial charge on any atom is 0.243 e. The Bertz CT molecular complexity index is 848. The van der Waals surface area contributed by atoms with Crippen molar-refractivity contribution >= 4 is 15.9 Å². The SMILES string of the molecule is COc1ccc(S(=O)(=O)N2CCCCC2)cc1CCC(=O)N[C@H]1C[C@H]2CC[C@@H]1C2. The average molecular weight is 421 g/mol. The first-order valence-corrected chi connectivity index (χ1v) is 12.4. The smallest absolute Gasteiger partial charge is 0.243 e. The fourth-order valence-corrected chi connectivity index (χ4v) is 6.88. The third-order valence-corrected chi connectivity index (χ3v) is 8.81. The normalized spacial score (nSPS) is 27.1. The van der Waals surface area contributed by atoms with Crippen LogP contribution in [0.5, 0.6) is 5.75 Å². The van der Waals surface area contributed by atoms with Gasteiger partial charge in [-0.15, -0.1) is 0 Å². The van der Waals surface area contributed by atoms with Crippen LogP contribution in [-0.4, -0.2) is 44.9 Å². The fourth-order valence-electron chi connectivity index (χ4n) is 5.31. The highest BCUT2D eigenvalue weighted by Gasteiger charge is 2.40. The largest absolute Gasteiger partial charge is 0.496 e. The average Bonchev–Trinajstić information content (AvgIpc) is 3.36. The molecule has 3 fully saturated rings. The highest BCUT2D eigenvalue weighted by Crippen LogP contribution is 2.44. The van der Waals surface area contributed by atoms with Crippen LogP contribution in [-0.2, 0) is 21.2 Å². The number of fused-ring (bicyclic) bond motifs is 2. The van der Waals surface area contributed by atoms with Crippen LogP contribution in [0.15, 0.2) is 23.1 Å². The van der Waals surface area contributed by atoms with Crippen LogP contribution in [0.2, 0.25) is 0 Å². The summed E-state index contributed by atoms with van der Waals surface area (Å²) in [6.07, 6.45) is 8.63. The van der Waals surface area contributed by atoms with Crippen molar-refractivity contribution in [2.24, 2.45) is 11.8 Å². The Morgan fingerprint density at radius 3 is 2.62 bits per heavy atom. The number of benzene rings is 1. The topological polar surface area (TPSA) is 75.7 Å². The first-order valence-electron chi connectivity index (χ1n) is 10.9. The summed E-state index contributed by atoms with van der Waals surface area (Å²) in [4.78, 5) is 12.8. The van der Waals surface area contributed by atoms with Crippen LogP contribution >= 0.6 is 0 Å². The molecular weight excluding hydrogens is 388 g/mol. The lowest BCUT2D eigenvalue weighted by atomic mass is 9.95. The van der Waals surface area contributed by atoms with E-state index in [1.54, 1.807) is 29.6 Å². The fraction of sp³-hybridized carbons (Fsp3) is 0.682. The van der Waals surface area contributed by atoms with Gasteiger partial charge in [-0.1, -0.05) is 12.8 Å². The Morgan fingerprint density at radius 1 is 1.17 bits per heavy atom. The van der Waals surface area contributed by atoms with Crippen LogP contribution in [0.1, 0.15) is 56.9 Å². The molecule has 160 valence electrons. The molecule has 1 saturated heterocycles. The molecule has 0 aromatic heterocycles. The van der Waals surface area contributed by atoms with E-state index in [4.69, 9.17) is 4.74 Å². The number of hydrogen-bond donors (Lipinski definition) is 1. The van der Waals surface area contributed by atoms with Gasteiger partial charge >= 0.3 is 0 Å². The van der Waals surface area contributed by atoms with Gasteiger partial charge in [0.25, 0.3) is 0 Å². The first-order chi connectivity index (χ1) is 14.0. The van der Waals surface area contributed by atoms with Crippen LogP contribution in [0.25, 0.3) is 0 Å². The van der Waals surface area contributed by atoms with Gasteiger partial charge in [0.05, 0.1) is 12.0 Å². The number of nitrogens with zero attached hydrogens (tertiary/aromatic N) is 1. The van der Waals surface area contributed by atoms with Gasteiger partial charge in [0.1, 0.15) is 5.75 Å². The molecule has 2 aliphatic carbocycles. The molecule has 1 heterocycles. The summed E-state index contributed by atoms with van der Waals surface area (Å²) in [5.74, 6) is 2.13. The van der Waals surface area contributed by atoms with Gasteiger partial charge in [0.2, 0.25) is 15.9 Å². The summed E-state index contributed by atoms with van der Waals surface area (Å²) in [6, 6.07) is 5.34. The number of hydrogen-bond acceptors (Lipinski definition) is 4. The van der Waals surface area contributed by atoms with E-state index in [9.17, 15) is 13.2 Å². The molecule has 1 aliphatic heterocycles. The molecule has 0 spiro atoms. The molecular formula is C22H32N2O4S. The lowest BCUT2D eigenvalue weighted by Crippen LogP contribution is -2.38. The van der Waals surface area contributed by atoms with Crippen molar-refractivity contribution in [3.63, 3.8) is 0 Å². The zero-order valence-electron chi connectivity index (χ0n) is 17.2. The number of aryl methyl sites for hydroxylation is 1. The summed E-state index contributed by atoms with van der Waals surface area (Å²) in [5.41, 5.74) is 0.772. The van der Waals surface area contributed by atoms with Crippen molar-refractivity contribution in [1.29, 1.82) is 0 Å². The van der Waals surface area contributed by atoms with Gasteiger partial charge in [0.15, 0.2) is 0 Å². The Hall–Kier alpha value is -1.60. The van der Waals surface area contributed by atoms with Crippen molar-refractivity contribution in [2.45, 2.75) is 68.7 Å². The van der Waals surface area contributed by atoms with Gasteiger partial charge < -0.3 is 10.1 Å². The molecule has 1 amide bonds. The molecule has 7 heteroatoms. The molecule has 1 N–H and O–H groups in total. The molecule has 2 bridgehead atoms. The number of sulfonamides is 1. The predicted molar refractivity (Wildman–Crippen MR) is 111 cm³/mol. The van der Waals surface area contributed by atoms with Crippen LogP contribution in [0, 0.1) is 11.8 Å². The number of carbonyl (C=O) groups excluding carboxylic acids is 1. The first kappa shape index (κ1) is 20.7. The van der Waals surface area contributed by atoms with Crippen molar-refractivity contribution < 1.29 is 17.9 Å². The summed E-state index contributed by atoms with van der Waals surface area (Å²) in [7, 11) is -1.92. The minimum absolute atomic E-state index is 0.0499. The second-order valence-electron chi connectivity index (χ2n) is 8.79. The standard InChI is InChI=1S/C22H32N2O4S/c1-28-21-9-8-19(29(26,27)24-11-3-2-4-12-24)15-18(21)7-10-22(25)23-20-14-16-5-6-17(20)13-16/h8-9,15-17,20H,2-7,10-14H2,1H3,(H,23,25)/t16-,17+,20-/m0/s1. The van der Waals surface area contributed by atoms with Crippen molar-refractivity contribution in [2.75, 3.05) is 20.2 Å². The minimum Gasteiger partial charge on any atom is -0.496 e. The van der Waals surface area contributed by atoms with Crippen LogP contribution < -0.4 is 10.1 Å². The summed E-state index contributed by atoms with van der Waals surface area (Å²) < 4.78 is 33.0. The predicted octanol–water partition coefficient (Wildman–Crippen LogP) is 3.11. The second-order valence-corrected chi connectivity index (χ2v) is 10.7. The Labute approximate surface area is 174 Å². The monoisotopic (exact) mass is 420 g/mol. The van der Waals surface area contributed by atoms with E-state index in [2.05, 4.69) is 5.32 Å². The van der Waals surface area contributed by atoms with Gasteiger partial charge in [-0.05, 0) is 74.1 Å². The van der Waals surface area contributed by atoms with E-state index in [1.807, 2.05) is 0 Å². The lowest BCUT2D eigenvalue weighted by molar-refractivity contribution is -0.122. The highest BCUT2D eigenvalue weighted by molar-refractivity contribution is 7.89. The quantitative estimate of drug-likeness (QED) is 0.735. The van der Waals surface area contributed by atoms with E-state index in [0.717, 1.165) is 37.2 Å². The number of ether oxygens (including phenoxy) is 1. The van der Waals surface area contributed by atoms with E-state index in [0.29, 0.717) is 48.5 Å². The number of nitrogens with one attached hydrogen (secondary N) is 1. The third-order valence-electron chi connectivity index (χ3n) is 6.91. The summed E-state index contributed by atoms with van der Waals surface area (Å²) >= 11 is 0. The molecule has 3 aliphatic rings. The number of carbonyl (C=O) groups is 1. The molecule has 1 aromatic rings. The molecule has 0 unspecified atom stereocenters. The zero-order valence-corrected chi connectivity index (χ0v) is 18.0. The van der Waals surface area contributed by atoms with E-state index >= 15 is 0 Å². The molecule has 0 radical (unpaired) electrons. The Morgan fingerprint density at radius 2 is 1.97 bits per heavy atom. The highest BCUT2D eigenvalue weighted by atomic mass is 32.2. The minimum atomic E-state index is -3.50. The van der Waals surface area contributed by atoms with Crippen molar-refractivity contribution in [3.8, 4) is 5.75 Å². The number of rotatable bonds is 7. The lowest BCUT2D eigenvalue weighted by Gasteiger charge is -2.26. The van der Waals surface area contributed by atoms with E-state index in [-0.39, 0.29) is 5.91 Å². The zero-order chi connectivity index (χ0) is 20.4. The van der Waals surface area contributed by atoms with Crippen LogP contribution in [0.4, 0.5) is 0 Å².